The van der Waals surface area contributed by atoms with Gasteiger partial charge in [-0.15, -0.1) is 0 Å². The third kappa shape index (κ3) is 5.66. The number of nitrogens with one attached hydrogen (secondary N) is 2. The van der Waals surface area contributed by atoms with E-state index < -0.39 is 0 Å². The molecule has 0 radical (unpaired) electrons. The fourth-order valence-corrected chi connectivity index (χ4v) is 2.11. The summed E-state index contributed by atoms with van der Waals surface area (Å²) in [7, 11) is 1.62. The quantitative estimate of drug-likeness (QED) is 0.645. The first kappa shape index (κ1) is 17.9. The van der Waals surface area contributed by atoms with Gasteiger partial charge in [-0.1, -0.05) is 12.1 Å². The third-order valence-electron chi connectivity index (χ3n) is 3.43. The molecule has 0 fully saturated rings. The number of rotatable bonds is 10. The largest absolute Gasteiger partial charge is 0.497 e. The Morgan fingerprint density at radius 3 is 2.71 bits per heavy atom. The van der Waals surface area contributed by atoms with Crippen molar-refractivity contribution < 1.29 is 14.1 Å². The highest BCUT2D eigenvalue weighted by atomic mass is 16.5. The molecule has 2 aromatic rings. The molecule has 7 heteroatoms. The number of carbonyl (C=O) groups is 1. The normalized spacial score (nSPS) is 10.6. The molecule has 1 amide bonds. The molecule has 1 aromatic heterocycles. The molecule has 0 saturated heterocycles. The molecule has 7 nitrogen and oxygen atoms in total. The van der Waals surface area contributed by atoms with Crippen molar-refractivity contribution in [2.24, 2.45) is 0 Å². The molecule has 0 aliphatic heterocycles. The van der Waals surface area contributed by atoms with E-state index >= 15 is 0 Å². The fourth-order valence-electron chi connectivity index (χ4n) is 2.11. The number of amides is 1. The van der Waals surface area contributed by atoms with Crippen LogP contribution in [0.15, 0.2) is 28.8 Å². The summed E-state index contributed by atoms with van der Waals surface area (Å²) in [6, 6.07) is 7.41. The van der Waals surface area contributed by atoms with Crippen LogP contribution in [0.25, 0.3) is 11.4 Å². The molecule has 0 unspecified atom stereocenters. The van der Waals surface area contributed by atoms with Crippen molar-refractivity contribution >= 4 is 5.91 Å². The molecule has 2 rings (SSSR count). The van der Waals surface area contributed by atoms with Gasteiger partial charge in [-0.2, -0.15) is 4.98 Å². The summed E-state index contributed by atoms with van der Waals surface area (Å²) in [6.07, 6.45) is 1.84. The van der Waals surface area contributed by atoms with E-state index in [1.165, 1.54) is 0 Å². The summed E-state index contributed by atoms with van der Waals surface area (Å²) in [5.74, 6) is 1.72. The van der Waals surface area contributed by atoms with Gasteiger partial charge in [0.15, 0.2) is 0 Å². The van der Waals surface area contributed by atoms with Gasteiger partial charge in [0.05, 0.1) is 7.11 Å². The Labute approximate surface area is 141 Å². The Bertz CT molecular complexity index is 625. The molecular formula is C17H24N4O3. The van der Waals surface area contributed by atoms with Crippen LogP contribution in [0.4, 0.5) is 0 Å². The third-order valence-corrected chi connectivity index (χ3v) is 3.43. The van der Waals surface area contributed by atoms with Crippen LogP contribution in [-0.4, -0.2) is 42.8 Å². The van der Waals surface area contributed by atoms with Gasteiger partial charge in [0.25, 0.3) is 0 Å². The van der Waals surface area contributed by atoms with Crippen LogP contribution < -0.4 is 15.4 Å². The maximum absolute atomic E-state index is 11.8. The molecule has 130 valence electrons. The van der Waals surface area contributed by atoms with Crippen LogP contribution in [0, 0.1) is 0 Å². The zero-order valence-electron chi connectivity index (χ0n) is 14.2. The average molecular weight is 332 g/mol. The number of ether oxygens (including phenoxy) is 1. The van der Waals surface area contributed by atoms with Gasteiger partial charge in [-0.05, 0) is 37.2 Å². The highest BCUT2D eigenvalue weighted by molar-refractivity contribution is 5.76. The van der Waals surface area contributed by atoms with Crippen molar-refractivity contribution in [3.8, 4) is 17.1 Å². The van der Waals surface area contributed by atoms with Crippen LogP contribution in [0.3, 0.4) is 0 Å². The predicted molar refractivity (Wildman–Crippen MR) is 90.8 cm³/mol. The molecular weight excluding hydrogens is 308 g/mol. The fraction of sp³-hybridized carbons (Fsp3) is 0.471. The van der Waals surface area contributed by atoms with Crippen LogP contribution in [0.2, 0.25) is 0 Å². The lowest BCUT2D eigenvalue weighted by atomic mass is 10.2. The average Bonchev–Trinajstić information content (AvgIpc) is 3.09. The lowest BCUT2D eigenvalue weighted by Gasteiger charge is -2.04. The maximum Gasteiger partial charge on any atom is 0.227 e. The number of hydrogen-bond acceptors (Lipinski definition) is 6. The second kappa shape index (κ2) is 9.67. The SMILES string of the molecule is CCCNCCNC(=O)CCc1nc(-c2ccc(OC)cc2)no1. The summed E-state index contributed by atoms with van der Waals surface area (Å²) >= 11 is 0. The topological polar surface area (TPSA) is 89.3 Å². The lowest BCUT2D eigenvalue weighted by Crippen LogP contribution is -2.32. The van der Waals surface area contributed by atoms with E-state index in [9.17, 15) is 4.79 Å². The number of benzene rings is 1. The van der Waals surface area contributed by atoms with Crippen molar-refractivity contribution in [2.45, 2.75) is 26.2 Å². The maximum atomic E-state index is 11.8. The minimum absolute atomic E-state index is 0.0162. The zero-order chi connectivity index (χ0) is 17.2. The Morgan fingerprint density at radius 1 is 1.21 bits per heavy atom. The van der Waals surface area contributed by atoms with E-state index in [4.69, 9.17) is 9.26 Å². The van der Waals surface area contributed by atoms with Crippen LogP contribution >= 0.6 is 0 Å². The molecule has 0 bridgehead atoms. The lowest BCUT2D eigenvalue weighted by molar-refractivity contribution is -0.121. The highest BCUT2D eigenvalue weighted by Crippen LogP contribution is 2.19. The van der Waals surface area contributed by atoms with Crippen LogP contribution in [0.5, 0.6) is 5.75 Å². The monoisotopic (exact) mass is 332 g/mol. The second-order valence-corrected chi connectivity index (χ2v) is 5.34. The molecule has 2 N–H and O–H groups in total. The summed E-state index contributed by atoms with van der Waals surface area (Å²) in [6.45, 7) is 4.48. The predicted octanol–water partition coefficient (Wildman–Crippen LogP) is 1.79. The van der Waals surface area contributed by atoms with E-state index in [0.29, 0.717) is 31.1 Å². The standard InChI is InChI=1S/C17H24N4O3/c1-3-10-18-11-12-19-15(22)8-9-16-20-17(21-24-16)13-4-6-14(23-2)7-5-13/h4-7,18H,3,8-12H2,1-2H3,(H,19,22). The summed E-state index contributed by atoms with van der Waals surface area (Å²) in [5.41, 5.74) is 0.845. The Balaban J connectivity index is 1.75. The Kier molecular flexibility index (Phi) is 7.22. The minimum Gasteiger partial charge on any atom is -0.497 e. The van der Waals surface area contributed by atoms with Crippen molar-refractivity contribution in [3.63, 3.8) is 0 Å². The first-order valence-electron chi connectivity index (χ1n) is 8.17. The van der Waals surface area contributed by atoms with Crippen molar-refractivity contribution in [1.82, 2.24) is 20.8 Å². The zero-order valence-corrected chi connectivity index (χ0v) is 14.2. The molecule has 0 aliphatic carbocycles. The number of methoxy groups -OCH3 is 1. The molecule has 0 aliphatic rings. The summed E-state index contributed by atoms with van der Waals surface area (Å²) in [4.78, 5) is 16.1. The number of aromatic nitrogens is 2. The van der Waals surface area contributed by atoms with Crippen molar-refractivity contribution in [1.29, 1.82) is 0 Å². The Hall–Kier alpha value is -2.41. The molecule has 0 spiro atoms. The number of carbonyl (C=O) groups excluding carboxylic acids is 1. The smallest absolute Gasteiger partial charge is 0.227 e. The number of nitrogens with zero attached hydrogens (tertiary/aromatic N) is 2. The first-order valence-corrected chi connectivity index (χ1v) is 8.17. The van der Waals surface area contributed by atoms with Gasteiger partial charge in [0, 0.05) is 31.5 Å². The first-order chi connectivity index (χ1) is 11.7. The van der Waals surface area contributed by atoms with E-state index in [-0.39, 0.29) is 5.91 Å². The molecule has 0 saturated carbocycles. The van der Waals surface area contributed by atoms with Crippen LogP contribution in [-0.2, 0) is 11.2 Å². The van der Waals surface area contributed by atoms with Gasteiger partial charge in [-0.3, -0.25) is 4.79 Å². The minimum atomic E-state index is -0.0162. The molecule has 1 heterocycles. The van der Waals surface area contributed by atoms with Crippen LogP contribution in [0.1, 0.15) is 25.7 Å². The van der Waals surface area contributed by atoms with Gasteiger partial charge >= 0.3 is 0 Å². The summed E-state index contributed by atoms with van der Waals surface area (Å²) in [5, 5.41) is 10.0. The molecule has 0 atom stereocenters. The van der Waals surface area contributed by atoms with E-state index in [0.717, 1.165) is 30.8 Å². The van der Waals surface area contributed by atoms with Gasteiger partial charge in [0.2, 0.25) is 17.6 Å². The van der Waals surface area contributed by atoms with E-state index in [1.807, 2.05) is 24.3 Å². The molecule has 24 heavy (non-hydrogen) atoms. The highest BCUT2D eigenvalue weighted by Gasteiger charge is 2.10. The van der Waals surface area contributed by atoms with E-state index in [2.05, 4.69) is 27.7 Å². The molecule has 1 aromatic carbocycles. The van der Waals surface area contributed by atoms with E-state index in [1.54, 1.807) is 7.11 Å². The van der Waals surface area contributed by atoms with Crippen molar-refractivity contribution in [3.05, 3.63) is 30.2 Å². The number of hydrogen-bond donors (Lipinski definition) is 2. The van der Waals surface area contributed by atoms with Gasteiger partial charge in [-0.25, -0.2) is 0 Å². The second-order valence-electron chi connectivity index (χ2n) is 5.34. The summed E-state index contributed by atoms with van der Waals surface area (Å²) < 4.78 is 10.3. The van der Waals surface area contributed by atoms with Crippen molar-refractivity contribution in [2.75, 3.05) is 26.7 Å². The van der Waals surface area contributed by atoms with Gasteiger partial charge < -0.3 is 19.9 Å². The van der Waals surface area contributed by atoms with Gasteiger partial charge in [0.1, 0.15) is 5.75 Å². The number of aryl methyl sites for hydroxylation is 1. The Morgan fingerprint density at radius 2 is 2.00 bits per heavy atom.